The maximum atomic E-state index is 6.65. The molecule has 0 fully saturated rings. The molecule has 13 rings (SSSR count). The highest BCUT2D eigenvalue weighted by molar-refractivity contribution is 6.11. The standard InChI is InChI=1S/C61H39NO/c1-3-18-40(19-4-1)44-22-7-8-23-45(44)41-34-36-57-55(38-41)61(53-31-14-11-26-48(53)49-27-12-15-32-54(49)61)56-39-42(35-37-58(56)62(57)43-20-5-2-6-21-43)46-24-9-10-25-47(46)51-29-17-30-52-50-28-13-16-33-59(50)63-60(51)52/h1-39H. The van der Waals surface area contributed by atoms with Crippen molar-refractivity contribution in [1.29, 1.82) is 0 Å². The van der Waals surface area contributed by atoms with Crippen molar-refractivity contribution < 1.29 is 4.42 Å². The predicted molar refractivity (Wildman–Crippen MR) is 261 cm³/mol. The van der Waals surface area contributed by atoms with Crippen molar-refractivity contribution in [3.8, 4) is 55.6 Å². The molecule has 0 amide bonds. The molecule has 2 heterocycles. The highest BCUT2D eigenvalue weighted by Gasteiger charge is 2.52. The maximum absolute atomic E-state index is 6.65. The normalized spacial score (nSPS) is 13.2. The van der Waals surface area contributed by atoms with E-state index >= 15 is 0 Å². The lowest BCUT2D eigenvalue weighted by atomic mass is 9.64. The van der Waals surface area contributed by atoms with Gasteiger partial charge < -0.3 is 9.32 Å². The lowest BCUT2D eigenvalue weighted by Crippen LogP contribution is -2.36. The Labute approximate surface area is 366 Å². The quantitative estimate of drug-likeness (QED) is 0.172. The second-order valence-electron chi connectivity index (χ2n) is 16.7. The van der Waals surface area contributed by atoms with Gasteiger partial charge in [0, 0.05) is 22.0 Å². The molecule has 11 aromatic rings. The van der Waals surface area contributed by atoms with Crippen LogP contribution >= 0.6 is 0 Å². The highest BCUT2D eigenvalue weighted by Crippen LogP contribution is 2.64. The summed E-state index contributed by atoms with van der Waals surface area (Å²) in [6, 6.07) is 86.7. The van der Waals surface area contributed by atoms with Crippen LogP contribution in [0.5, 0.6) is 0 Å². The molecule has 63 heavy (non-hydrogen) atoms. The zero-order valence-corrected chi connectivity index (χ0v) is 34.4. The molecular weight excluding hydrogens is 763 g/mol. The Balaban J connectivity index is 1.12. The number of anilines is 3. The molecule has 0 saturated heterocycles. The van der Waals surface area contributed by atoms with E-state index in [2.05, 4.69) is 235 Å². The van der Waals surface area contributed by atoms with E-state index in [0.29, 0.717) is 0 Å². The molecule has 0 saturated carbocycles. The van der Waals surface area contributed by atoms with Gasteiger partial charge >= 0.3 is 0 Å². The molecule has 294 valence electrons. The van der Waals surface area contributed by atoms with Crippen LogP contribution in [0.15, 0.2) is 241 Å². The van der Waals surface area contributed by atoms with Gasteiger partial charge in [-0.3, -0.25) is 0 Å². The second-order valence-corrected chi connectivity index (χ2v) is 16.7. The number of fused-ring (bicyclic) bond motifs is 12. The largest absolute Gasteiger partial charge is 0.455 e. The van der Waals surface area contributed by atoms with Gasteiger partial charge in [-0.05, 0) is 115 Å². The molecule has 0 radical (unpaired) electrons. The molecule has 0 atom stereocenters. The average Bonchev–Trinajstić information content (AvgIpc) is 3.89. The first-order chi connectivity index (χ1) is 31.3. The topological polar surface area (TPSA) is 16.4 Å². The fourth-order valence-electron chi connectivity index (χ4n) is 10.9. The first-order valence-electron chi connectivity index (χ1n) is 21.8. The van der Waals surface area contributed by atoms with Gasteiger partial charge in [0.25, 0.3) is 0 Å². The van der Waals surface area contributed by atoms with E-state index in [1.54, 1.807) is 0 Å². The molecule has 2 aliphatic rings. The Morgan fingerprint density at radius 2 is 0.762 bits per heavy atom. The maximum Gasteiger partial charge on any atom is 0.143 e. The molecule has 1 aliphatic carbocycles. The van der Waals surface area contributed by atoms with Crippen LogP contribution in [0.2, 0.25) is 0 Å². The van der Waals surface area contributed by atoms with E-state index in [4.69, 9.17) is 4.42 Å². The SMILES string of the molecule is c1ccc(-c2ccccc2-c2ccc3c(c2)C2(c4ccccc4-c4ccccc42)c2cc(-c4ccccc4-c4cccc5c4oc4ccccc45)ccc2N3c2ccccc2)cc1. The van der Waals surface area contributed by atoms with Crippen LogP contribution in [0.3, 0.4) is 0 Å². The van der Waals surface area contributed by atoms with Gasteiger partial charge in [-0.2, -0.15) is 0 Å². The number of rotatable bonds is 5. The zero-order valence-electron chi connectivity index (χ0n) is 34.4. The van der Waals surface area contributed by atoms with E-state index in [9.17, 15) is 0 Å². The monoisotopic (exact) mass is 801 g/mol. The minimum Gasteiger partial charge on any atom is -0.455 e. The summed E-state index contributed by atoms with van der Waals surface area (Å²) in [5.41, 5.74) is 21.6. The third kappa shape index (κ3) is 5.19. The van der Waals surface area contributed by atoms with Crippen molar-refractivity contribution >= 4 is 39.0 Å². The Hall–Kier alpha value is -8.20. The Kier molecular flexibility index (Phi) is 7.85. The van der Waals surface area contributed by atoms with Crippen LogP contribution in [-0.2, 0) is 5.41 Å². The Morgan fingerprint density at radius 1 is 0.302 bits per heavy atom. The van der Waals surface area contributed by atoms with Crippen molar-refractivity contribution in [2.75, 3.05) is 4.90 Å². The van der Waals surface area contributed by atoms with Gasteiger partial charge in [0.1, 0.15) is 11.2 Å². The Morgan fingerprint density at radius 3 is 1.40 bits per heavy atom. The van der Waals surface area contributed by atoms with Crippen molar-refractivity contribution in [3.05, 3.63) is 259 Å². The summed E-state index contributed by atoms with van der Waals surface area (Å²) >= 11 is 0. The van der Waals surface area contributed by atoms with E-state index in [0.717, 1.165) is 49.9 Å². The molecule has 1 spiro atoms. The van der Waals surface area contributed by atoms with Gasteiger partial charge in [-0.25, -0.2) is 0 Å². The minimum atomic E-state index is -0.634. The average molecular weight is 802 g/mol. The van der Waals surface area contributed by atoms with Crippen LogP contribution in [0, 0.1) is 0 Å². The summed E-state index contributed by atoms with van der Waals surface area (Å²) < 4.78 is 6.65. The number of para-hydroxylation sites is 3. The molecule has 0 N–H and O–H groups in total. The van der Waals surface area contributed by atoms with Crippen LogP contribution < -0.4 is 4.90 Å². The van der Waals surface area contributed by atoms with Gasteiger partial charge in [0.15, 0.2) is 0 Å². The first kappa shape index (κ1) is 35.5. The lowest BCUT2D eigenvalue weighted by Gasteiger charge is -2.45. The van der Waals surface area contributed by atoms with Crippen molar-refractivity contribution in [2.45, 2.75) is 5.41 Å². The van der Waals surface area contributed by atoms with Crippen molar-refractivity contribution in [3.63, 3.8) is 0 Å². The van der Waals surface area contributed by atoms with Gasteiger partial charge in [0.2, 0.25) is 0 Å². The van der Waals surface area contributed by atoms with Gasteiger partial charge in [-0.1, -0.05) is 194 Å². The summed E-state index contributed by atoms with van der Waals surface area (Å²) in [6.45, 7) is 0. The highest BCUT2D eigenvalue weighted by atomic mass is 16.3. The van der Waals surface area contributed by atoms with E-state index in [1.807, 2.05) is 6.07 Å². The molecule has 10 aromatic carbocycles. The van der Waals surface area contributed by atoms with Crippen LogP contribution in [0.4, 0.5) is 17.1 Å². The molecule has 2 nitrogen and oxygen atoms in total. The molecule has 1 aliphatic heterocycles. The van der Waals surface area contributed by atoms with Gasteiger partial charge in [0.05, 0.1) is 16.8 Å². The number of nitrogens with zero attached hydrogens (tertiary/aromatic N) is 1. The summed E-state index contributed by atoms with van der Waals surface area (Å²) in [5.74, 6) is 0. The number of hydrogen-bond donors (Lipinski definition) is 0. The summed E-state index contributed by atoms with van der Waals surface area (Å²) in [6.07, 6.45) is 0. The van der Waals surface area contributed by atoms with Gasteiger partial charge in [-0.15, -0.1) is 0 Å². The van der Waals surface area contributed by atoms with Crippen molar-refractivity contribution in [1.82, 2.24) is 0 Å². The minimum absolute atomic E-state index is 0.634. The molecule has 0 bridgehead atoms. The fourth-order valence-corrected chi connectivity index (χ4v) is 10.9. The predicted octanol–water partition coefficient (Wildman–Crippen LogP) is 16.4. The van der Waals surface area contributed by atoms with Crippen LogP contribution in [0.25, 0.3) is 77.6 Å². The summed E-state index contributed by atoms with van der Waals surface area (Å²) in [7, 11) is 0. The van der Waals surface area contributed by atoms with Crippen LogP contribution in [-0.4, -0.2) is 0 Å². The van der Waals surface area contributed by atoms with E-state index in [-0.39, 0.29) is 0 Å². The third-order valence-electron chi connectivity index (χ3n) is 13.5. The Bertz CT molecular complexity index is 3540. The van der Waals surface area contributed by atoms with E-state index < -0.39 is 5.41 Å². The smallest absolute Gasteiger partial charge is 0.143 e. The fraction of sp³-hybridized carbons (Fsp3) is 0.0164. The molecule has 1 aromatic heterocycles. The molecule has 0 unspecified atom stereocenters. The summed E-state index contributed by atoms with van der Waals surface area (Å²) in [5, 5.41) is 2.26. The zero-order chi connectivity index (χ0) is 41.5. The first-order valence-corrected chi connectivity index (χ1v) is 21.8. The van der Waals surface area contributed by atoms with Crippen LogP contribution in [0.1, 0.15) is 22.3 Å². The third-order valence-corrected chi connectivity index (χ3v) is 13.5. The lowest BCUT2D eigenvalue weighted by molar-refractivity contribution is 0.670. The number of hydrogen-bond acceptors (Lipinski definition) is 2. The van der Waals surface area contributed by atoms with E-state index in [1.165, 1.54) is 67.0 Å². The number of benzene rings is 10. The summed E-state index contributed by atoms with van der Waals surface area (Å²) in [4.78, 5) is 2.48. The van der Waals surface area contributed by atoms with Crippen molar-refractivity contribution in [2.24, 2.45) is 0 Å². The molecular formula is C61H39NO. The number of furan rings is 1. The molecule has 2 heteroatoms. The second kappa shape index (κ2) is 13.9.